The molecule has 1 heterocycles. The molecule has 1 aromatic carbocycles. The fraction of sp³-hybridized carbons (Fsp3) is 0.400. The van der Waals surface area contributed by atoms with Crippen molar-refractivity contribution in [2.24, 2.45) is 11.7 Å². The molecule has 9 heteroatoms. The Labute approximate surface area is 153 Å². The number of carbonyl (C=O) groups is 1. The van der Waals surface area contributed by atoms with Crippen molar-refractivity contribution in [3.05, 3.63) is 36.9 Å². The summed E-state index contributed by atoms with van der Waals surface area (Å²) in [6.45, 7) is 4.70. The van der Waals surface area contributed by atoms with Crippen molar-refractivity contribution in [2.45, 2.75) is 26.4 Å². The van der Waals surface area contributed by atoms with E-state index in [0.717, 1.165) is 0 Å². The maximum atomic E-state index is 12.0. The van der Waals surface area contributed by atoms with Crippen LogP contribution in [-0.4, -0.2) is 33.3 Å². The van der Waals surface area contributed by atoms with Gasteiger partial charge in [0, 0.05) is 17.8 Å². The van der Waals surface area contributed by atoms with Gasteiger partial charge in [0.1, 0.15) is 25.0 Å². The Morgan fingerprint density at radius 3 is 2.75 bits per heavy atom. The molecule has 134 valence electrons. The van der Waals surface area contributed by atoms with Crippen LogP contribution in [0, 0.1) is 5.92 Å². The molecule has 2 rings (SSSR count). The van der Waals surface area contributed by atoms with E-state index in [1.165, 1.54) is 6.33 Å². The van der Waals surface area contributed by atoms with Crippen LogP contribution in [0.3, 0.4) is 0 Å². The van der Waals surface area contributed by atoms with Gasteiger partial charge in [0.2, 0.25) is 5.91 Å². The number of carbonyl (C=O) groups excluding carboxylic acids is 1. The smallest absolute Gasteiger partial charge is 0.228 e. The summed E-state index contributed by atoms with van der Waals surface area (Å²) in [5.74, 6) is 0.332. The van der Waals surface area contributed by atoms with E-state index < -0.39 is 0 Å². The maximum absolute atomic E-state index is 12.0. The quantitative estimate of drug-likeness (QED) is 0.772. The van der Waals surface area contributed by atoms with Gasteiger partial charge in [-0.1, -0.05) is 13.0 Å². The van der Waals surface area contributed by atoms with Crippen LogP contribution >= 0.6 is 24.8 Å². The van der Waals surface area contributed by atoms with E-state index in [-0.39, 0.29) is 42.7 Å². The van der Waals surface area contributed by atoms with Gasteiger partial charge in [-0.2, -0.15) is 5.10 Å². The van der Waals surface area contributed by atoms with E-state index in [1.54, 1.807) is 24.0 Å². The molecule has 24 heavy (non-hydrogen) atoms. The Hall–Kier alpha value is -1.83. The van der Waals surface area contributed by atoms with Crippen molar-refractivity contribution in [2.75, 3.05) is 11.9 Å². The summed E-state index contributed by atoms with van der Waals surface area (Å²) in [6.07, 6.45) is 3.12. The minimum atomic E-state index is -0.253. The van der Waals surface area contributed by atoms with Crippen LogP contribution < -0.4 is 15.8 Å². The van der Waals surface area contributed by atoms with Crippen LogP contribution in [0.4, 0.5) is 5.69 Å². The first kappa shape index (κ1) is 22.2. The minimum absolute atomic E-state index is 0. The number of nitrogens with zero attached hydrogens (tertiary/aromatic N) is 3. The van der Waals surface area contributed by atoms with E-state index in [0.29, 0.717) is 24.6 Å². The number of benzene rings is 1. The average molecular weight is 376 g/mol. The number of aromatic nitrogens is 3. The minimum Gasteiger partial charge on any atom is -0.492 e. The van der Waals surface area contributed by atoms with Crippen LogP contribution in [0.1, 0.15) is 13.8 Å². The molecule has 0 aliphatic carbocycles. The van der Waals surface area contributed by atoms with Gasteiger partial charge in [0.15, 0.2) is 0 Å². The number of ether oxygens (including phenoxy) is 1. The van der Waals surface area contributed by atoms with Crippen molar-refractivity contribution in [3.63, 3.8) is 0 Å². The monoisotopic (exact) mass is 375 g/mol. The largest absolute Gasteiger partial charge is 0.492 e. The average Bonchev–Trinajstić information content (AvgIpc) is 3.00. The molecule has 0 spiro atoms. The Balaban J connectivity index is 0.00000264. The molecule has 2 atom stereocenters. The predicted molar refractivity (Wildman–Crippen MR) is 97.9 cm³/mol. The Bertz CT molecular complexity index is 608. The number of amides is 1. The summed E-state index contributed by atoms with van der Waals surface area (Å²) < 4.78 is 7.34. The number of anilines is 1. The molecule has 0 bridgehead atoms. The van der Waals surface area contributed by atoms with Crippen molar-refractivity contribution in [1.29, 1.82) is 0 Å². The molecular formula is C15H23Cl2N5O2. The van der Waals surface area contributed by atoms with E-state index in [4.69, 9.17) is 10.5 Å². The molecule has 2 aromatic rings. The first-order chi connectivity index (χ1) is 10.6. The van der Waals surface area contributed by atoms with Gasteiger partial charge in [-0.15, -0.1) is 24.8 Å². The van der Waals surface area contributed by atoms with E-state index in [2.05, 4.69) is 15.4 Å². The van der Waals surface area contributed by atoms with Crippen LogP contribution in [0.5, 0.6) is 5.75 Å². The summed E-state index contributed by atoms with van der Waals surface area (Å²) in [6, 6.07) is 7.08. The molecule has 0 fully saturated rings. The molecule has 3 N–H and O–H groups in total. The molecule has 1 amide bonds. The van der Waals surface area contributed by atoms with Gasteiger partial charge < -0.3 is 15.8 Å². The van der Waals surface area contributed by atoms with Crippen LogP contribution in [0.25, 0.3) is 0 Å². The van der Waals surface area contributed by atoms with Gasteiger partial charge in [-0.3, -0.25) is 4.79 Å². The molecule has 0 radical (unpaired) electrons. The third-order valence-corrected chi connectivity index (χ3v) is 3.36. The van der Waals surface area contributed by atoms with E-state index in [1.807, 2.05) is 25.1 Å². The first-order valence-corrected chi connectivity index (χ1v) is 7.18. The third-order valence-electron chi connectivity index (χ3n) is 3.36. The molecule has 7 nitrogen and oxygen atoms in total. The summed E-state index contributed by atoms with van der Waals surface area (Å²) in [5, 5.41) is 6.84. The van der Waals surface area contributed by atoms with Gasteiger partial charge in [0.25, 0.3) is 0 Å². The van der Waals surface area contributed by atoms with Crippen molar-refractivity contribution < 1.29 is 9.53 Å². The summed E-state index contributed by atoms with van der Waals surface area (Å²) in [5.41, 5.74) is 6.42. The Morgan fingerprint density at radius 2 is 2.12 bits per heavy atom. The van der Waals surface area contributed by atoms with Crippen LogP contribution in [0.2, 0.25) is 0 Å². The van der Waals surface area contributed by atoms with Crippen molar-refractivity contribution >= 4 is 36.4 Å². The molecule has 2 unspecified atom stereocenters. The maximum Gasteiger partial charge on any atom is 0.228 e. The number of rotatable bonds is 7. The fourth-order valence-corrected chi connectivity index (χ4v) is 1.76. The van der Waals surface area contributed by atoms with Crippen molar-refractivity contribution in [1.82, 2.24) is 14.8 Å². The molecule has 0 saturated heterocycles. The lowest BCUT2D eigenvalue weighted by Gasteiger charge is -2.15. The molecule has 0 aliphatic rings. The molecule has 0 aliphatic heterocycles. The van der Waals surface area contributed by atoms with Crippen LogP contribution in [-0.2, 0) is 11.3 Å². The highest BCUT2D eigenvalue weighted by Gasteiger charge is 2.17. The number of nitrogens with one attached hydrogen (secondary N) is 1. The number of nitrogens with two attached hydrogens (primary N) is 1. The highest BCUT2D eigenvalue weighted by atomic mass is 35.5. The van der Waals surface area contributed by atoms with Gasteiger partial charge >= 0.3 is 0 Å². The topological polar surface area (TPSA) is 95.1 Å². The summed E-state index contributed by atoms with van der Waals surface area (Å²) >= 11 is 0. The van der Waals surface area contributed by atoms with E-state index >= 15 is 0 Å². The first-order valence-electron chi connectivity index (χ1n) is 7.18. The third kappa shape index (κ3) is 6.74. The molecular weight excluding hydrogens is 353 g/mol. The highest BCUT2D eigenvalue weighted by molar-refractivity contribution is 5.92. The summed E-state index contributed by atoms with van der Waals surface area (Å²) in [4.78, 5) is 15.8. The van der Waals surface area contributed by atoms with Gasteiger partial charge in [-0.05, 0) is 19.1 Å². The fourth-order valence-electron chi connectivity index (χ4n) is 1.76. The predicted octanol–water partition coefficient (Wildman–Crippen LogP) is 2.12. The Kier molecular flexibility index (Phi) is 10.0. The lowest BCUT2D eigenvalue weighted by atomic mass is 10.0. The van der Waals surface area contributed by atoms with Gasteiger partial charge in [0.05, 0.1) is 12.5 Å². The second-order valence-corrected chi connectivity index (χ2v) is 5.17. The lowest BCUT2D eigenvalue weighted by molar-refractivity contribution is -0.119. The van der Waals surface area contributed by atoms with Crippen molar-refractivity contribution in [3.8, 4) is 5.75 Å². The number of halogens is 2. The summed E-state index contributed by atoms with van der Waals surface area (Å²) in [7, 11) is 0. The zero-order chi connectivity index (χ0) is 15.9. The van der Waals surface area contributed by atoms with E-state index in [9.17, 15) is 4.79 Å². The van der Waals surface area contributed by atoms with Crippen LogP contribution in [0.15, 0.2) is 36.9 Å². The standard InChI is InChI=1S/C15H21N5O2.2ClH/c1-11(12(2)16)15(21)19-13-4-3-5-14(8-13)22-7-6-20-10-17-9-18-20;;/h3-5,8-12H,6-7,16H2,1-2H3,(H,19,21);2*1H. The Morgan fingerprint density at radius 1 is 1.38 bits per heavy atom. The molecule has 1 aromatic heterocycles. The SMILES string of the molecule is CC(N)C(C)C(=O)Nc1cccc(OCCn2cncn2)c1.Cl.Cl. The molecule has 0 saturated carbocycles. The number of hydrogen-bond acceptors (Lipinski definition) is 5. The second kappa shape index (κ2) is 10.9. The van der Waals surface area contributed by atoms with Gasteiger partial charge in [-0.25, -0.2) is 9.67 Å². The second-order valence-electron chi connectivity index (χ2n) is 5.17. The zero-order valence-corrected chi connectivity index (χ0v) is 15.2. The highest BCUT2D eigenvalue weighted by Crippen LogP contribution is 2.18. The lowest BCUT2D eigenvalue weighted by Crippen LogP contribution is -2.34. The number of hydrogen-bond donors (Lipinski definition) is 2. The normalized spacial score (nSPS) is 12.3. The zero-order valence-electron chi connectivity index (χ0n) is 13.6.